The summed E-state index contributed by atoms with van der Waals surface area (Å²) in [6.45, 7) is 1.75. The first kappa shape index (κ1) is 19.3. The van der Waals surface area contributed by atoms with Gasteiger partial charge in [-0.2, -0.15) is 0 Å². The Hall–Kier alpha value is -2.48. The molecule has 0 unspecified atom stereocenters. The van der Waals surface area contributed by atoms with Gasteiger partial charge in [-0.25, -0.2) is 0 Å². The van der Waals surface area contributed by atoms with Crippen LogP contribution in [0, 0.1) is 0 Å². The number of rotatable bonds is 4. The highest BCUT2D eigenvalue weighted by atomic mass is 35.5. The third-order valence-corrected chi connectivity index (χ3v) is 5.59. The SMILES string of the molecule is CCC(=O)NC(=S)Nc1ccc(NC(=O)c2sc3ccccc3c2Cl)cc1. The molecular formula is C19H16ClN3O2S2. The summed E-state index contributed by atoms with van der Waals surface area (Å²) < 4.78 is 0.967. The Kier molecular flexibility index (Phi) is 6.05. The van der Waals surface area contributed by atoms with Gasteiger partial charge in [-0.05, 0) is 42.5 Å². The third kappa shape index (κ3) is 4.63. The predicted octanol–water partition coefficient (Wildman–Crippen LogP) is 5.03. The number of carbonyl (C=O) groups is 2. The number of anilines is 2. The highest BCUT2D eigenvalue weighted by molar-refractivity contribution is 7.80. The summed E-state index contributed by atoms with van der Waals surface area (Å²) >= 11 is 12.8. The Labute approximate surface area is 170 Å². The van der Waals surface area contributed by atoms with E-state index in [0.717, 1.165) is 10.1 Å². The smallest absolute Gasteiger partial charge is 0.267 e. The van der Waals surface area contributed by atoms with E-state index in [1.165, 1.54) is 11.3 Å². The Bertz CT molecular complexity index is 1020. The molecule has 0 aliphatic carbocycles. The molecule has 3 rings (SSSR count). The van der Waals surface area contributed by atoms with E-state index < -0.39 is 0 Å². The van der Waals surface area contributed by atoms with Crippen LogP contribution < -0.4 is 16.0 Å². The van der Waals surface area contributed by atoms with Crippen molar-refractivity contribution in [3.63, 3.8) is 0 Å². The second-order valence-electron chi connectivity index (χ2n) is 5.63. The molecule has 0 bridgehead atoms. The normalized spacial score (nSPS) is 10.4. The van der Waals surface area contributed by atoms with E-state index >= 15 is 0 Å². The molecular weight excluding hydrogens is 402 g/mol. The Morgan fingerprint density at radius 1 is 1.04 bits per heavy atom. The maximum Gasteiger partial charge on any atom is 0.267 e. The summed E-state index contributed by atoms with van der Waals surface area (Å²) in [7, 11) is 0. The number of thiocarbonyl (C=S) groups is 1. The highest BCUT2D eigenvalue weighted by Crippen LogP contribution is 2.35. The van der Waals surface area contributed by atoms with Crippen LogP contribution >= 0.6 is 35.2 Å². The largest absolute Gasteiger partial charge is 0.332 e. The first-order valence-corrected chi connectivity index (χ1v) is 9.77. The van der Waals surface area contributed by atoms with E-state index in [2.05, 4.69) is 16.0 Å². The summed E-state index contributed by atoms with van der Waals surface area (Å²) in [5, 5.41) is 9.88. The van der Waals surface area contributed by atoms with E-state index in [0.29, 0.717) is 27.7 Å². The lowest BCUT2D eigenvalue weighted by Gasteiger charge is -2.10. The van der Waals surface area contributed by atoms with Gasteiger partial charge in [-0.1, -0.05) is 36.7 Å². The number of nitrogens with one attached hydrogen (secondary N) is 3. The standard InChI is InChI=1S/C19H16ClN3O2S2/c1-2-15(24)23-19(26)22-12-9-7-11(8-10-12)21-18(25)17-16(20)13-5-3-4-6-14(13)27-17/h3-10H,2H2,1H3,(H,21,25)(H2,22,23,24,26). The number of fused-ring (bicyclic) bond motifs is 1. The molecule has 0 spiro atoms. The average molecular weight is 418 g/mol. The molecule has 0 radical (unpaired) electrons. The van der Waals surface area contributed by atoms with Crippen LogP contribution in [0.3, 0.4) is 0 Å². The van der Waals surface area contributed by atoms with Crippen LogP contribution in [-0.2, 0) is 4.79 Å². The van der Waals surface area contributed by atoms with Gasteiger partial charge in [0.25, 0.3) is 5.91 Å². The number of thiophene rings is 1. The van der Waals surface area contributed by atoms with Crippen molar-refractivity contribution < 1.29 is 9.59 Å². The van der Waals surface area contributed by atoms with Crippen LogP contribution in [0.25, 0.3) is 10.1 Å². The van der Waals surface area contributed by atoms with Crippen LogP contribution in [0.1, 0.15) is 23.0 Å². The third-order valence-electron chi connectivity index (χ3n) is 3.72. The fraction of sp³-hybridized carbons (Fsp3) is 0.105. The summed E-state index contributed by atoms with van der Waals surface area (Å²) in [6, 6.07) is 14.6. The number of carbonyl (C=O) groups excluding carboxylic acids is 2. The maximum absolute atomic E-state index is 12.6. The van der Waals surface area contributed by atoms with Crippen molar-refractivity contribution in [2.24, 2.45) is 0 Å². The van der Waals surface area contributed by atoms with Gasteiger partial charge in [-0.3, -0.25) is 9.59 Å². The van der Waals surface area contributed by atoms with Crippen LogP contribution in [0.15, 0.2) is 48.5 Å². The fourth-order valence-electron chi connectivity index (χ4n) is 2.36. The highest BCUT2D eigenvalue weighted by Gasteiger charge is 2.17. The molecule has 138 valence electrons. The predicted molar refractivity (Wildman–Crippen MR) is 116 cm³/mol. The second kappa shape index (κ2) is 8.47. The molecule has 3 aromatic rings. The maximum atomic E-state index is 12.6. The molecule has 0 atom stereocenters. The molecule has 1 heterocycles. The van der Waals surface area contributed by atoms with Crippen molar-refractivity contribution in [3.05, 3.63) is 58.4 Å². The van der Waals surface area contributed by atoms with Gasteiger partial charge in [0, 0.05) is 27.9 Å². The molecule has 8 heteroatoms. The number of hydrogen-bond donors (Lipinski definition) is 3. The van der Waals surface area contributed by atoms with Crippen LogP contribution in [0.2, 0.25) is 5.02 Å². The van der Waals surface area contributed by atoms with Crippen molar-refractivity contribution in [3.8, 4) is 0 Å². The molecule has 0 aliphatic rings. The fourth-order valence-corrected chi connectivity index (χ4v) is 4.01. The summed E-state index contributed by atoms with van der Waals surface area (Å²) in [5.41, 5.74) is 1.33. The van der Waals surface area contributed by atoms with Gasteiger partial charge in [0.1, 0.15) is 4.88 Å². The zero-order chi connectivity index (χ0) is 19.4. The Morgan fingerprint density at radius 2 is 1.67 bits per heavy atom. The molecule has 0 aliphatic heterocycles. The van der Waals surface area contributed by atoms with Gasteiger partial charge in [-0.15, -0.1) is 11.3 Å². The number of amides is 2. The minimum absolute atomic E-state index is 0.156. The zero-order valence-electron chi connectivity index (χ0n) is 14.3. The van der Waals surface area contributed by atoms with E-state index in [-0.39, 0.29) is 16.9 Å². The second-order valence-corrected chi connectivity index (χ2v) is 7.47. The summed E-state index contributed by atoms with van der Waals surface area (Å²) in [5.74, 6) is -0.413. The molecule has 27 heavy (non-hydrogen) atoms. The zero-order valence-corrected chi connectivity index (χ0v) is 16.7. The van der Waals surface area contributed by atoms with Crippen molar-refractivity contribution in [2.45, 2.75) is 13.3 Å². The Balaban J connectivity index is 1.67. The monoisotopic (exact) mass is 417 g/mol. The topological polar surface area (TPSA) is 70.2 Å². The average Bonchev–Trinajstić information content (AvgIpc) is 3.00. The van der Waals surface area contributed by atoms with Crippen molar-refractivity contribution >= 4 is 73.5 Å². The lowest BCUT2D eigenvalue weighted by molar-refractivity contribution is -0.119. The summed E-state index contributed by atoms with van der Waals surface area (Å²) in [4.78, 5) is 24.3. The van der Waals surface area contributed by atoms with E-state index in [1.807, 2.05) is 24.3 Å². The number of benzene rings is 2. The molecule has 0 saturated heterocycles. The van der Waals surface area contributed by atoms with E-state index in [9.17, 15) is 9.59 Å². The first-order chi connectivity index (χ1) is 13.0. The molecule has 0 fully saturated rings. The van der Waals surface area contributed by atoms with Crippen LogP contribution in [0.4, 0.5) is 11.4 Å². The van der Waals surface area contributed by atoms with Crippen LogP contribution in [0.5, 0.6) is 0 Å². The van der Waals surface area contributed by atoms with Gasteiger partial charge < -0.3 is 16.0 Å². The quantitative estimate of drug-likeness (QED) is 0.520. The molecule has 0 saturated carbocycles. The Morgan fingerprint density at radius 3 is 2.30 bits per heavy atom. The molecule has 2 aromatic carbocycles. The van der Waals surface area contributed by atoms with Crippen molar-refractivity contribution in [2.75, 3.05) is 10.6 Å². The minimum atomic E-state index is -0.257. The molecule has 1 aromatic heterocycles. The van der Waals surface area contributed by atoms with Crippen molar-refractivity contribution in [1.82, 2.24) is 5.32 Å². The molecule has 3 N–H and O–H groups in total. The molecule has 5 nitrogen and oxygen atoms in total. The van der Waals surface area contributed by atoms with Crippen LogP contribution in [-0.4, -0.2) is 16.9 Å². The van der Waals surface area contributed by atoms with Gasteiger partial charge >= 0.3 is 0 Å². The van der Waals surface area contributed by atoms with Gasteiger partial charge in [0.2, 0.25) is 5.91 Å². The van der Waals surface area contributed by atoms with E-state index in [1.54, 1.807) is 31.2 Å². The van der Waals surface area contributed by atoms with E-state index in [4.69, 9.17) is 23.8 Å². The number of hydrogen-bond acceptors (Lipinski definition) is 4. The first-order valence-electron chi connectivity index (χ1n) is 8.17. The minimum Gasteiger partial charge on any atom is -0.332 e. The van der Waals surface area contributed by atoms with Crippen molar-refractivity contribution in [1.29, 1.82) is 0 Å². The number of halogens is 1. The summed E-state index contributed by atoms with van der Waals surface area (Å²) in [6.07, 6.45) is 0.354. The van der Waals surface area contributed by atoms with Gasteiger partial charge in [0.05, 0.1) is 5.02 Å². The lowest BCUT2D eigenvalue weighted by atomic mass is 10.2. The lowest BCUT2D eigenvalue weighted by Crippen LogP contribution is -2.33. The van der Waals surface area contributed by atoms with Gasteiger partial charge in [0.15, 0.2) is 5.11 Å². The molecule has 2 amide bonds.